The lowest BCUT2D eigenvalue weighted by Crippen LogP contribution is -2.25. The first-order valence-corrected chi connectivity index (χ1v) is 9.89. The highest BCUT2D eigenvalue weighted by molar-refractivity contribution is 5.75. The molecular formula is C22H37NO3. The lowest BCUT2D eigenvalue weighted by Gasteiger charge is -2.01. The van der Waals surface area contributed by atoms with Crippen LogP contribution >= 0.6 is 0 Å². The van der Waals surface area contributed by atoms with E-state index in [0.717, 1.165) is 25.7 Å². The van der Waals surface area contributed by atoms with Gasteiger partial charge < -0.3 is 15.5 Å². The molecule has 0 radical (unpaired) electrons. The highest BCUT2D eigenvalue weighted by atomic mass is 16.3. The van der Waals surface area contributed by atoms with E-state index in [9.17, 15) is 9.90 Å². The SMILES string of the molecule is CCCCCC=CC=C[C@@H](O)CC=CCC=CCCCC(=O)NCCO. The molecule has 0 spiro atoms. The summed E-state index contributed by atoms with van der Waals surface area (Å²) in [5.41, 5.74) is 0. The number of amides is 1. The van der Waals surface area contributed by atoms with Crippen LogP contribution in [0.2, 0.25) is 0 Å². The van der Waals surface area contributed by atoms with Gasteiger partial charge in [0, 0.05) is 13.0 Å². The van der Waals surface area contributed by atoms with Crippen LogP contribution in [0.5, 0.6) is 0 Å². The summed E-state index contributed by atoms with van der Waals surface area (Å²) in [4.78, 5) is 11.3. The lowest BCUT2D eigenvalue weighted by atomic mass is 10.2. The number of aliphatic hydroxyl groups excluding tert-OH is 2. The van der Waals surface area contributed by atoms with Crippen LogP contribution in [0.3, 0.4) is 0 Å². The highest BCUT2D eigenvalue weighted by Gasteiger charge is 1.97. The third-order valence-corrected chi connectivity index (χ3v) is 3.75. The Labute approximate surface area is 159 Å². The zero-order valence-electron chi connectivity index (χ0n) is 16.3. The summed E-state index contributed by atoms with van der Waals surface area (Å²) in [6.07, 6.45) is 24.1. The third-order valence-electron chi connectivity index (χ3n) is 3.75. The number of carbonyl (C=O) groups excluding carboxylic acids is 1. The van der Waals surface area contributed by atoms with E-state index in [1.165, 1.54) is 19.3 Å². The Morgan fingerprint density at radius 3 is 2.54 bits per heavy atom. The Bertz CT molecular complexity index is 439. The molecule has 0 rings (SSSR count). The van der Waals surface area contributed by atoms with Gasteiger partial charge in [0.1, 0.15) is 0 Å². The van der Waals surface area contributed by atoms with Crippen molar-refractivity contribution in [1.82, 2.24) is 5.32 Å². The fourth-order valence-corrected chi connectivity index (χ4v) is 2.25. The largest absolute Gasteiger partial charge is 0.395 e. The van der Waals surface area contributed by atoms with Crippen molar-refractivity contribution in [2.75, 3.05) is 13.2 Å². The Morgan fingerprint density at radius 1 is 1.00 bits per heavy atom. The summed E-state index contributed by atoms with van der Waals surface area (Å²) < 4.78 is 0. The molecule has 0 saturated heterocycles. The van der Waals surface area contributed by atoms with E-state index in [4.69, 9.17) is 5.11 Å². The monoisotopic (exact) mass is 363 g/mol. The fourth-order valence-electron chi connectivity index (χ4n) is 2.25. The molecule has 4 heteroatoms. The smallest absolute Gasteiger partial charge is 0.220 e. The quantitative estimate of drug-likeness (QED) is 0.218. The molecule has 0 heterocycles. The molecule has 3 N–H and O–H groups in total. The van der Waals surface area contributed by atoms with Gasteiger partial charge in [0.2, 0.25) is 5.91 Å². The molecule has 0 fully saturated rings. The average molecular weight is 364 g/mol. The molecule has 0 aliphatic carbocycles. The van der Waals surface area contributed by atoms with E-state index in [-0.39, 0.29) is 12.5 Å². The summed E-state index contributed by atoms with van der Waals surface area (Å²) in [6.45, 7) is 2.51. The van der Waals surface area contributed by atoms with E-state index in [0.29, 0.717) is 19.4 Å². The number of hydrogen-bond acceptors (Lipinski definition) is 3. The number of carbonyl (C=O) groups is 1. The number of allylic oxidation sites excluding steroid dienone is 6. The zero-order valence-corrected chi connectivity index (χ0v) is 16.3. The van der Waals surface area contributed by atoms with Crippen molar-refractivity contribution in [3.8, 4) is 0 Å². The third kappa shape index (κ3) is 18.7. The summed E-state index contributed by atoms with van der Waals surface area (Å²) >= 11 is 0. The van der Waals surface area contributed by atoms with E-state index < -0.39 is 6.10 Å². The molecule has 0 aliphatic heterocycles. The molecule has 0 unspecified atom stereocenters. The van der Waals surface area contributed by atoms with Gasteiger partial charge in [-0.1, -0.05) is 68.4 Å². The first-order valence-electron chi connectivity index (χ1n) is 9.89. The fraction of sp³-hybridized carbons (Fsp3) is 0.591. The second-order valence-corrected chi connectivity index (χ2v) is 6.26. The average Bonchev–Trinajstić information content (AvgIpc) is 2.64. The van der Waals surface area contributed by atoms with Crippen LogP contribution in [0.1, 0.15) is 64.7 Å². The zero-order chi connectivity index (χ0) is 19.3. The predicted molar refractivity (Wildman–Crippen MR) is 110 cm³/mol. The van der Waals surface area contributed by atoms with Gasteiger partial charge in [0.25, 0.3) is 0 Å². The van der Waals surface area contributed by atoms with Gasteiger partial charge >= 0.3 is 0 Å². The molecule has 0 aliphatic rings. The van der Waals surface area contributed by atoms with Gasteiger partial charge in [0.05, 0.1) is 12.7 Å². The maximum absolute atomic E-state index is 11.3. The molecule has 0 aromatic rings. The molecule has 1 atom stereocenters. The number of hydrogen-bond donors (Lipinski definition) is 3. The van der Waals surface area contributed by atoms with Gasteiger partial charge in [-0.25, -0.2) is 0 Å². The van der Waals surface area contributed by atoms with Crippen molar-refractivity contribution < 1.29 is 15.0 Å². The van der Waals surface area contributed by atoms with Gasteiger partial charge in [-0.05, 0) is 38.5 Å². The molecule has 26 heavy (non-hydrogen) atoms. The molecule has 148 valence electrons. The van der Waals surface area contributed by atoms with Crippen molar-refractivity contribution in [1.29, 1.82) is 0 Å². The molecule has 4 nitrogen and oxygen atoms in total. The number of nitrogens with one attached hydrogen (secondary N) is 1. The summed E-state index contributed by atoms with van der Waals surface area (Å²) in [6, 6.07) is 0. The van der Waals surface area contributed by atoms with E-state index in [1.807, 2.05) is 30.4 Å². The number of aliphatic hydroxyl groups is 2. The first kappa shape index (κ1) is 24.4. The second kappa shape index (κ2) is 19.7. The van der Waals surface area contributed by atoms with Gasteiger partial charge in [-0.2, -0.15) is 0 Å². The summed E-state index contributed by atoms with van der Waals surface area (Å²) in [5, 5.41) is 21.1. The Hall–Kier alpha value is -1.65. The van der Waals surface area contributed by atoms with Crippen molar-refractivity contribution >= 4 is 5.91 Å². The normalized spacial score (nSPS) is 13.5. The van der Waals surface area contributed by atoms with Crippen LogP contribution in [0.25, 0.3) is 0 Å². The number of unbranched alkanes of at least 4 members (excludes halogenated alkanes) is 4. The van der Waals surface area contributed by atoms with Crippen LogP contribution in [0, 0.1) is 0 Å². The van der Waals surface area contributed by atoms with Gasteiger partial charge in [0.15, 0.2) is 0 Å². The van der Waals surface area contributed by atoms with E-state index >= 15 is 0 Å². The molecule has 0 aromatic heterocycles. The van der Waals surface area contributed by atoms with E-state index in [2.05, 4.69) is 30.5 Å². The minimum atomic E-state index is -0.437. The van der Waals surface area contributed by atoms with Crippen molar-refractivity contribution in [2.45, 2.75) is 70.8 Å². The molecule has 0 bridgehead atoms. The van der Waals surface area contributed by atoms with Crippen LogP contribution in [0.15, 0.2) is 48.6 Å². The Kier molecular flexibility index (Phi) is 18.4. The maximum atomic E-state index is 11.3. The predicted octanol–water partition coefficient (Wildman–Crippen LogP) is 4.21. The molecular weight excluding hydrogens is 326 g/mol. The maximum Gasteiger partial charge on any atom is 0.220 e. The highest BCUT2D eigenvalue weighted by Crippen LogP contribution is 2.02. The Morgan fingerprint density at radius 2 is 1.77 bits per heavy atom. The van der Waals surface area contributed by atoms with Crippen molar-refractivity contribution in [3.05, 3.63) is 48.6 Å². The van der Waals surface area contributed by atoms with Crippen LogP contribution in [-0.4, -0.2) is 35.4 Å². The van der Waals surface area contributed by atoms with E-state index in [1.54, 1.807) is 0 Å². The molecule has 0 aromatic carbocycles. The molecule has 1 amide bonds. The standard InChI is InChI=1S/C22H37NO3/c1-2-3-4-5-7-10-13-16-21(25)17-14-11-8-6-9-12-15-18-22(26)23-19-20-24/h6-7,9-11,13-14,16,21,24-25H,2-5,8,12,15,17-20H2,1H3,(H,23,26)/t21-/m1/s1. The van der Waals surface area contributed by atoms with Crippen LogP contribution in [0.4, 0.5) is 0 Å². The second-order valence-electron chi connectivity index (χ2n) is 6.26. The van der Waals surface area contributed by atoms with Crippen LogP contribution < -0.4 is 5.32 Å². The topological polar surface area (TPSA) is 69.6 Å². The van der Waals surface area contributed by atoms with Crippen LogP contribution in [-0.2, 0) is 4.79 Å². The summed E-state index contributed by atoms with van der Waals surface area (Å²) in [7, 11) is 0. The molecule has 0 saturated carbocycles. The Balaban J connectivity index is 3.62. The first-order chi connectivity index (χ1) is 12.7. The summed E-state index contributed by atoms with van der Waals surface area (Å²) in [5.74, 6) is -0.00908. The number of rotatable bonds is 16. The minimum absolute atomic E-state index is 0.00908. The van der Waals surface area contributed by atoms with Crippen molar-refractivity contribution in [2.24, 2.45) is 0 Å². The minimum Gasteiger partial charge on any atom is -0.395 e. The van der Waals surface area contributed by atoms with Gasteiger partial charge in [-0.15, -0.1) is 0 Å². The van der Waals surface area contributed by atoms with Gasteiger partial charge in [-0.3, -0.25) is 4.79 Å². The van der Waals surface area contributed by atoms with Crippen molar-refractivity contribution in [3.63, 3.8) is 0 Å². The lowest BCUT2D eigenvalue weighted by molar-refractivity contribution is -0.121.